The smallest absolute Gasteiger partial charge is 0.149 e. The molecule has 5 heteroatoms. The Kier molecular flexibility index (Phi) is 4.57. The van der Waals surface area contributed by atoms with Gasteiger partial charge in [0.1, 0.15) is 11.0 Å². The first kappa shape index (κ1) is 12.6. The van der Waals surface area contributed by atoms with Gasteiger partial charge in [0.25, 0.3) is 0 Å². The van der Waals surface area contributed by atoms with Gasteiger partial charge in [-0.3, -0.25) is 4.98 Å². The molecule has 0 amide bonds. The van der Waals surface area contributed by atoms with Crippen LogP contribution in [0, 0.1) is 5.92 Å². The molecule has 1 fully saturated rings. The van der Waals surface area contributed by atoms with Gasteiger partial charge in [-0.05, 0) is 18.8 Å². The second-order valence-corrected chi connectivity index (χ2v) is 5.00. The Morgan fingerprint density at radius 3 is 2.76 bits per heavy atom. The number of halogens is 1. The Hall–Kier alpha value is -0.870. The highest BCUT2D eigenvalue weighted by atomic mass is 35.5. The predicted molar refractivity (Wildman–Crippen MR) is 70.1 cm³/mol. The van der Waals surface area contributed by atoms with E-state index in [0.29, 0.717) is 17.6 Å². The first-order valence-electron chi connectivity index (χ1n) is 6.23. The molecule has 17 heavy (non-hydrogen) atoms. The van der Waals surface area contributed by atoms with Gasteiger partial charge in [0.15, 0.2) is 0 Å². The van der Waals surface area contributed by atoms with Crippen LogP contribution in [0.1, 0.15) is 32.1 Å². The molecule has 1 aliphatic carbocycles. The first-order valence-corrected chi connectivity index (χ1v) is 6.61. The van der Waals surface area contributed by atoms with Crippen LogP contribution in [-0.2, 0) is 0 Å². The molecule has 0 aromatic carbocycles. The van der Waals surface area contributed by atoms with Crippen molar-refractivity contribution in [2.24, 2.45) is 11.7 Å². The van der Waals surface area contributed by atoms with Gasteiger partial charge in [-0.15, -0.1) is 0 Å². The zero-order valence-corrected chi connectivity index (χ0v) is 10.7. The molecule has 0 spiro atoms. The minimum absolute atomic E-state index is 0.281. The van der Waals surface area contributed by atoms with Crippen molar-refractivity contribution in [3.05, 3.63) is 17.5 Å². The highest BCUT2D eigenvalue weighted by Gasteiger charge is 2.22. The van der Waals surface area contributed by atoms with Crippen molar-refractivity contribution in [1.29, 1.82) is 0 Å². The van der Waals surface area contributed by atoms with Gasteiger partial charge in [-0.2, -0.15) is 0 Å². The van der Waals surface area contributed by atoms with Crippen LogP contribution in [0.15, 0.2) is 12.4 Å². The van der Waals surface area contributed by atoms with Crippen molar-refractivity contribution in [2.45, 2.75) is 38.1 Å². The number of nitrogens with zero attached hydrogens (tertiary/aromatic N) is 2. The Bertz CT molecular complexity index is 352. The van der Waals surface area contributed by atoms with Gasteiger partial charge in [0, 0.05) is 12.6 Å². The van der Waals surface area contributed by atoms with E-state index in [0.717, 1.165) is 5.82 Å². The van der Waals surface area contributed by atoms with E-state index < -0.39 is 0 Å². The molecule has 1 heterocycles. The minimum atomic E-state index is 0.281. The van der Waals surface area contributed by atoms with Crippen LogP contribution in [-0.4, -0.2) is 22.6 Å². The normalized spacial score (nSPS) is 18.9. The molecular formula is C12H19ClN4. The molecule has 0 bridgehead atoms. The van der Waals surface area contributed by atoms with Crippen LogP contribution in [0.5, 0.6) is 0 Å². The fourth-order valence-corrected chi connectivity index (χ4v) is 2.65. The summed E-state index contributed by atoms with van der Waals surface area (Å²) in [6.45, 7) is 0.624. The number of rotatable bonds is 4. The Labute approximate surface area is 107 Å². The van der Waals surface area contributed by atoms with Gasteiger partial charge in [-0.1, -0.05) is 30.9 Å². The average Bonchev–Trinajstić information content (AvgIpc) is 2.37. The summed E-state index contributed by atoms with van der Waals surface area (Å²) in [5, 5.41) is 3.77. The fraction of sp³-hybridized carbons (Fsp3) is 0.667. The number of nitrogens with two attached hydrogens (primary N) is 1. The second kappa shape index (κ2) is 6.17. The van der Waals surface area contributed by atoms with E-state index in [1.54, 1.807) is 6.20 Å². The monoisotopic (exact) mass is 254 g/mol. The number of aromatic nitrogens is 2. The summed E-state index contributed by atoms with van der Waals surface area (Å²) < 4.78 is 0. The highest BCUT2D eigenvalue weighted by molar-refractivity contribution is 6.29. The third kappa shape index (κ3) is 3.54. The van der Waals surface area contributed by atoms with Crippen LogP contribution in [0.25, 0.3) is 0 Å². The van der Waals surface area contributed by atoms with E-state index in [-0.39, 0.29) is 6.04 Å². The fourth-order valence-electron chi connectivity index (χ4n) is 2.51. The van der Waals surface area contributed by atoms with Crippen LogP contribution < -0.4 is 11.1 Å². The van der Waals surface area contributed by atoms with Crippen LogP contribution in [0.4, 0.5) is 5.82 Å². The second-order valence-electron chi connectivity index (χ2n) is 4.61. The molecular weight excluding hydrogens is 236 g/mol. The minimum Gasteiger partial charge on any atom is -0.364 e. The number of hydrogen-bond acceptors (Lipinski definition) is 4. The Morgan fingerprint density at radius 1 is 1.35 bits per heavy atom. The molecule has 0 aliphatic heterocycles. The molecule has 1 unspecified atom stereocenters. The highest BCUT2D eigenvalue weighted by Crippen LogP contribution is 2.27. The van der Waals surface area contributed by atoms with E-state index in [2.05, 4.69) is 15.3 Å². The van der Waals surface area contributed by atoms with Crippen LogP contribution >= 0.6 is 11.6 Å². The maximum absolute atomic E-state index is 5.85. The lowest BCUT2D eigenvalue weighted by molar-refractivity contribution is 0.320. The molecule has 2 rings (SSSR count). The molecule has 0 saturated heterocycles. The van der Waals surface area contributed by atoms with Crippen molar-refractivity contribution in [3.63, 3.8) is 0 Å². The summed E-state index contributed by atoms with van der Waals surface area (Å²) in [5.74, 6) is 1.37. The Balaban J connectivity index is 1.98. The van der Waals surface area contributed by atoms with Crippen molar-refractivity contribution < 1.29 is 0 Å². The maximum Gasteiger partial charge on any atom is 0.149 e. The molecule has 1 saturated carbocycles. The summed E-state index contributed by atoms with van der Waals surface area (Å²) in [7, 11) is 0. The largest absolute Gasteiger partial charge is 0.364 e. The van der Waals surface area contributed by atoms with Gasteiger partial charge >= 0.3 is 0 Å². The number of hydrogen-bond donors (Lipinski definition) is 2. The summed E-state index contributed by atoms with van der Waals surface area (Å²) >= 11 is 5.81. The van der Waals surface area contributed by atoms with E-state index in [1.807, 2.05) is 0 Å². The van der Waals surface area contributed by atoms with E-state index in [1.165, 1.54) is 38.3 Å². The lowest BCUT2D eigenvalue weighted by atomic mass is 9.84. The Morgan fingerprint density at radius 2 is 2.12 bits per heavy atom. The molecule has 1 atom stereocenters. The number of nitrogens with one attached hydrogen (secondary N) is 1. The van der Waals surface area contributed by atoms with Gasteiger partial charge in [0.05, 0.1) is 12.4 Å². The van der Waals surface area contributed by atoms with E-state index in [9.17, 15) is 0 Å². The third-order valence-electron chi connectivity index (χ3n) is 3.41. The van der Waals surface area contributed by atoms with Gasteiger partial charge in [-0.25, -0.2) is 4.98 Å². The standard InChI is InChI=1S/C12H19ClN4/c13-11-7-15-8-12(17-11)16-10(6-14)9-4-2-1-3-5-9/h7-10H,1-6,14H2,(H,16,17). The van der Waals surface area contributed by atoms with Crippen molar-refractivity contribution in [3.8, 4) is 0 Å². The number of anilines is 1. The lowest BCUT2D eigenvalue weighted by Crippen LogP contribution is -2.37. The molecule has 94 valence electrons. The summed E-state index contributed by atoms with van der Waals surface area (Å²) in [6, 6.07) is 0.281. The zero-order valence-electron chi connectivity index (χ0n) is 9.90. The zero-order chi connectivity index (χ0) is 12.1. The quantitative estimate of drug-likeness (QED) is 0.866. The summed E-state index contributed by atoms with van der Waals surface area (Å²) in [5.41, 5.74) is 5.85. The van der Waals surface area contributed by atoms with Crippen LogP contribution in [0.2, 0.25) is 5.15 Å². The summed E-state index contributed by atoms with van der Waals surface area (Å²) in [4.78, 5) is 8.21. The molecule has 0 radical (unpaired) electrons. The molecule has 1 aliphatic rings. The third-order valence-corrected chi connectivity index (χ3v) is 3.59. The topological polar surface area (TPSA) is 63.8 Å². The van der Waals surface area contributed by atoms with Crippen molar-refractivity contribution >= 4 is 17.4 Å². The maximum atomic E-state index is 5.85. The summed E-state index contributed by atoms with van der Waals surface area (Å²) in [6.07, 6.45) is 9.70. The molecule has 1 aromatic rings. The van der Waals surface area contributed by atoms with Gasteiger partial charge in [0.2, 0.25) is 0 Å². The molecule has 3 N–H and O–H groups in total. The van der Waals surface area contributed by atoms with Crippen molar-refractivity contribution in [2.75, 3.05) is 11.9 Å². The van der Waals surface area contributed by atoms with Crippen LogP contribution in [0.3, 0.4) is 0 Å². The lowest BCUT2D eigenvalue weighted by Gasteiger charge is -2.30. The van der Waals surface area contributed by atoms with E-state index in [4.69, 9.17) is 17.3 Å². The molecule has 4 nitrogen and oxygen atoms in total. The first-order chi connectivity index (χ1) is 8.29. The SMILES string of the molecule is NCC(Nc1cncc(Cl)n1)C1CCCCC1. The van der Waals surface area contributed by atoms with E-state index >= 15 is 0 Å². The average molecular weight is 255 g/mol. The van der Waals surface area contributed by atoms with Crippen molar-refractivity contribution in [1.82, 2.24) is 9.97 Å². The van der Waals surface area contributed by atoms with Gasteiger partial charge < -0.3 is 11.1 Å². The molecule has 1 aromatic heterocycles. The predicted octanol–water partition coefficient (Wildman–Crippen LogP) is 2.45.